The van der Waals surface area contributed by atoms with Crippen LogP contribution in [0.5, 0.6) is 0 Å². The summed E-state index contributed by atoms with van der Waals surface area (Å²) in [5, 5.41) is 6.69. The van der Waals surface area contributed by atoms with Crippen molar-refractivity contribution in [1.82, 2.24) is 15.5 Å². The van der Waals surface area contributed by atoms with Crippen LogP contribution >= 0.6 is 0 Å². The lowest BCUT2D eigenvalue weighted by Gasteiger charge is -2.35. The number of carbonyl (C=O) groups is 1. The van der Waals surface area contributed by atoms with E-state index in [2.05, 4.69) is 29.5 Å². The summed E-state index contributed by atoms with van der Waals surface area (Å²) in [7, 11) is 0. The molecule has 6 heteroatoms. The summed E-state index contributed by atoms with van der Waals surface area (Å²) in [4.78, 5) is 19.3. The topological polar surface area (TPSA) is 66.0 Å². The maximum atomic E-state index is 12.8. The third-order valence-electron chi connectivity index (χ3n) is 4.99. The Bertz CT molecular complexity index is 635. The van der Waals surface area contributed by atoms with Gasteiger partial charge in [0.2, 0.25) is 0 Å². The van der Waals surface area contributed by atoms with Crippen LogP contribution in [0.1, 0.15) is 69.3 Å². The molecule has 2 unspecified atom stereocenters. The summed E-state index contributed by atoms with van der Waals surface area (Å²) in [6.07, 6.45) is 5.09. The zero-order valence-corrected chi connectivity index (χ0v) is 18.5. The van der Waals surface area contributed by atoms with Gasteiger partial charge in [0.15, 0.2) is 5.96 Å². The minimum atomic E-state index is 0.0733. The normalized spacial score (nSPS) is 19.9. The fraction of sp³-hybridized carbons (Fsp3) is 0.652. The summed E-state index contributed by atoms with van der Waals surface area (Å²) in [5.74, 6) is 0.921. The predicted octanol–water partition coefficient (Wildman–Crippen LogP) is 3.57. The van der Waals surface area contributed by atoms with Gasteiger partial charge in [-0.25, -0.2) is 4.99 Å². The molecular weight excluding hydrogens is 364 g/mol. The van der Waals surface area contributed by atoms with E-state index in [0.29, 0.717) is 19.6 Å². The van der Waals surface area contributed by atoms with Gasteiger partial charge in [0.1, 0.15) is 0 Å². The lowest BCUT2D eigenvalue weighted by molar-refractivity contribution is -0.0586. The molecule has 2 N–H and O–H groups in total. The van der Waals surface area contributed by atoms with Gasteiger partial charge in [-0.1, -0.05) is 38.3 Å². The van der Waals surface area contributed by atoms with Crippen molar-refractivity contribution in [1.29, 1.82) is 0 Å². The van der Waals surface area contributed by atoms with Gasteiger partial charge in [-0.3, -0.25) is 4.79 Å². The van der Waals surface area contributed by atoms with Crippen molar-refractivity contribution in [3.63, 3.8) is 0 Å². The van der Waals surface area contributed by atoms with E-state index in [1.807, 2.05) is 43.0 Å². The van der Waals surface area contributed by atoms with Crippen molar-refractivity contribution in [3.05, 3.63) is 35.4 Å². The molecule has 1 aromatic rings. The molecule has 1 heterocycles. The SMILES string of the molecule is CCCCCCNC(=NCc1ccc(C(=O)N2CC(C)OC(C)C2)cc1)NCC. The highest BCUT2D eigenvalue weighted by Gasteiger charge is 2.26. The van der Waals surface area contributed by atoms with Gasteiger partial charge in [0.05, 0.1) is 18.8 Å². The van der Waals surface area contributed by atoms with E-state index in [0.717, 1.165) is 36.6 Å². The van der Waals surface area contributed by atoms with Crippen LogP contribution in [0.4, 0.5) is 0 Å². The number of unbranched alkanes of at least 4 members (excludes halogenated alkanes) is 3. The highest BCUT2D eigenvalue weighted by Crippen LogP contribution is 2.15. The molecule has 6 nitrogen and oxygen atoms in total. The summed E-state index contributed by atoms with van der Waals surface area (Å²) < 4.78 is 5.72. The second kappa shape index (κ2) is 12.5. The van der Waals surface area contributed by atoms with Gasteiger partial charge in [-0.15, -0.1) is 0 Å². The molecule has 2 atom stereocenters. The Hall–Kier alpha value is -2.08. The van der Waals surface area contributed by atoms with Crippen LogP contribution in [-0.2, 0) is 11.3 Å². The van der Waals surface area contributed by atoms with Gasteiger partial charge in [-0.05, 0) is 44.9 Å². The fourth-order valence-corrected chi connectivity index (χ4v) is 3.55. The van der Waals surface area contributed by atoms with Crippen molar-refractivity contribution < 1.29 is 9.53 Å². The Morgan fingerprint density at radius 2 is 1.76 bits per heavy atom. The molecule has 162 valence electrons. The molecule has 1 aliphatic heterocycles. The molecule has 1 amide bonds. The number of morpholine rings is 1. The van der Waals surface area contributed by atoms with E-state index < -0.39 is 0 Å². The Balaban J connectivity index is 1.89. The molecule has 1 aromatic carbocycles. The molecule has 1 aliphatic rings. The molecular formula is C23H38N4O2. The first-order valence-corrected chi connectivity index (χ1v) is 11.1. The number of hydrogen-bond donors (Lipinski definition) is 2. The van der Waals surface area contributed by atoms with Crippen LogP contribution in [0.25, 0.3) is 0 Å². The van der Waals surface area contributed by atoms with E-state index in [1.54, 1.807) is 0 Å². The van der Waals surface area contributed by atoms with Crippen molar-refractivity contribution >= 4 is 11.9 Å². The fourth-order valence-electron chi connectivity index (χ4n) is 3.55. The second-order valence-corrected chi connectivity index (χ2v) is 7.85. The third-order valence-corrected chi connectivity index (χ3v) is 4.99. The molecule has 1 saturated heterocycles. The molecule has 29 heavy (non-hydrogen) atoms. The van der Waals surface area contributed by atoms with Crippen LogP contribution in [0.3, 0.4) is 0 Å². The average molecular weight is 403 g/mol. The van der Waals surface area contributed by atoms with E-state index in [9.17, 15) is 4.79 Å². The van der Waals surface area contributed by atoms with E-state index >= 15 is 0 Å². The lowest BCUT2D eigenvalue weighted by Crippen LogP contribution is -2.48. The summed E-state index contributed by atoms with van der Waals surface area (Å²) >= 11 is 0. The van der Waals surface area contributed by atoms with Gasteiger partial charge in [-0.2, -0.15) is 0 Å². The van der Waals surface area contributed by atoms with Crippen molar-refractivity contribution in [2.24, 2.45) is 4.99 Å². The van der Waals surface area contributed by atoms with Gasteiger partial charge in [0.25, 0.3) is 5.91 Å². The monoisotopic (exact) mass is 402 g/mol. The minimum absolute atomic E-state index is 0.0733. The number of hydrogen-bond acceptors (Lipinski definition) is 3. The molecule has 0 aliphatic carbocycles. The molecule has 1 fully saturated rings. The zero-order chi connectivity index (χ0) is 21.1. The first-order chi connectivity index (χ1) is 14.0. The van der Waals surface area contributed by atoms with Gasteiger partial charge < -0.3 is 20.3 Å². The van der Waals surface area contributed by atoms with E-state index in [4.69, 9.17) is 4.74 Å². The van der Waals surface area contributed by atoms with Gasteiger partial charge in [0, 0.05) is 31.7 Å². The zero-order valence-electron chi connectivity index (χ0n) is 18.5. The molecule has 0 saturated carbocycles. The predicted molar refractivity (Wildman–Crippen MR) is 119 cm³/mol. The van der Waals surface area contributed by atoms with Crippen LogP contribution in [0.2, 0.25) is 0 Å². The molecule has 0 bridgehead atoms. The van der Waals surface area contributed by atoms with Crippen molar-refractivity contribution in [2.75, 3.05) is 26.2 Å². The number of nitrogens with one attached hydrogen (secondary N) is 2. The maximum Gasteiger partial charge on any atom is 0.254 e. The van der Waals surface area contributed by atoms with Crippen molar-refractivity contribution in [3.8, 4) is 0 Å². The smallest absolute Gasteiger partial charge is 0.254 e. The average Bonchev–Trinajstić information content (AvgIpc) is 2.71. The number of rotatable bonds is 9. The number of aliphatic imine (C=N–C) groups is 1. The van der Waals surface area contributed by atoms with E-state index in [1.165, 1.54) is 19.3 Å². The summed E-state index contributed by atoms with van der Waals surface area (Å²) in [5.41, 5.74) is 1.81. The molecule has 0 aromatic heterocycles. The minimum Gasteiger partial charge on any atom is -0.372 e. The summed E-state index contributed by atoms with van der Waals surface area (Å²) in [6.45, 7) is 12.0. The standard InChI is InChI=1S/C23H38N4O2/c1-5-7-8-9-14-25-23(24-6-2)26-15-20-10-12-21(13-11-20)22(28)27-16-18(3)29-19(4)17-27/h10-13,18-19H,5-9,14-17H2,1-4H3,(H2,24,25,26). The Kier molecular flexibility index (Phi) is 9.98. The van der Waals surface area contributed by atoms with Crippen LogP contribution in [-0.4, -0.2) is 55.2 Å². The molecule has 0 radical (unpaired) electrons. The number of nitrogens with zero attached hydrogens (tertiary/aromatic N) is 2. The largest absolute Gasteiger partial charge is 0.372 e. The number of amides is 1. The van der Waals surface area contributed by atoms with Crippen LogP contribution < -0.4 is 10.6 Å². The third kappa shape index (κ3) is 8.05. The van der Waals surface area contributed by atoms with Crippen LogP contribution in [0.15, 0.2) is 29.3 Å². The van der Waals surface area contributed by atoms with Crippen molar-refractivity contribution in [2.45, 2.75) is 72.1 Å². The second-order valence-electron chi connectivity index (χ2n) is 7.85. The Labute approximate surface area is 176 Å². The molecule has 0 spiro atoms. The Morgan fingerprint density at radius 1 is 1.07 bits per heavy atom. The lowest BCUT2D eigenvalue weighted by atomic mass is 10.1. The Morgan fingerprint density at radius 3 is 2.38 bits per heavy atom. The first kappa shape index (κ1) is 23.2. The molecule has 2 rings (SSSR count). The van der Waals surface area contributed by atoms with Crippen LogP contribution in [0, 0.1) is 0 Å². The summed E-state index contributed by atoms with van der Waals surface area (Å²) in [6, 6.07) is 7.80. The number of ether oxygens (including phenoxy) is 1. The van der Waals surface area contributed by atoms with E-state index in [-0.39, 0.29) is 18.1 Å². The highest BCUT2D eigenvalue weighted by atomic mass is 16.5. The first-order valence-electron chi connectivity index (χ1n) is 11.1. The number of benzene rings is 1. The number of carbonyl (C=O) groups excluding carboxylic acids is 1. The van der Waals surface area contributed by atoms with Gasteiger partial charge >= 0.3 is 0 Å². The number of guanidine groups is 1. The highest BCUT2D eigenvalue weighted by molar-refractivity contribution is 5.94. The quantitative estimate of drug-likeness (QED) is 0.376. The maximum absolute atomic E-state index is 12.8.